The maximum Gasteiger partial charge on any atom is 0.338 e. The van der Waals surface area contributed by atoms with Crippen LogP contribution >= 0.6 is 0 Å². The Hall–Kier alpha value is -2.22. The Labute approximate surface area is 166 Å². The summed E-state index contributed by atoms with van der Waals surface area (Å²) < 4.78 is 32.8. The van der Waals surface area contributed by atoms with Gasteiger partial charge in [-0.05, 0) is 68.2 Å². The number of carbonyl (C=O) groups excluding carboxylic acids is 1. The Balaban J connectivity index is 1.67. The lowest BCUT2D eigenvalue weighted by atomic mass is 10.1. The van der Waals surface area contributed by atoms with Crippen molar-refractivity contribution in [3.05, 3.63) is 65.2 Å². The molecular weight excluding hydrogens is 376 g/mol. The minimum Gasteiger partial charge on any atom is -0.462 e. The lowest BCUT2D eigenvalue weighted by Gasteiger charge is -2.17. The number of sulfonamides is 1. The van der Waals surface area contributed by atoms with Crippen molar-refractivity contribution in [2.45, 2.75) is 37.8 Å². The number of nitrogens with one attached hydrogen (secondary N) is 1. The number of likely N-dealkylation sites (tertiary alicyclic amines) is 1. The molecule has 3 rings (SSSR count). The van der Waals surface area contributed by atoms with Gasteiger partial charge in [0.1, 0.15) is 0 Å². The molecule has 0 saturated carbocycles. The van der Waals surface area contributed by atoms with E-state index >= 15 is 0 Å². The van der Waals surface area contributed by atoms with Gasteiger partial charge in [0.05, 0.1) is 17.1 Å². The van der Waals surface area contributed by atoms with E-state index in [1.807, 2.05) is 18.2 Å². The molecule has 6 nitrogen and oxygen atoms in total. The number of hydrogen-bond acceptors (Lipinski definition) is 5. The van der Waals surface area contributed by atoms with E-state index in [1.165, 1.54) is 37.1 Å². The predicted molar refractivity (Wildman–Crippen MR) is 107 cm³/mol. The summed E-state index contributed by atoms with van der Waals surface area (Å²) in [6, 6.07) is 13.7. The molecule has 2 aromatic rings. The van der Waals surface area contributed by atoms with E-state index in [0.717, 1.165) is 30.8 Å². The molecule has 1 fully saturated rings. The summed E-state index contributed by atoms with van der Waals surface area (Å²) in [4.78, 5) is 14.2. The summed E-state index contributed by atoms with van der Waals surface area (Å²) >= 11 is 0. The molecule has 150 valence electrons. The van der Waals surface area contributed by atoms with Gasteiger partial charge in [-0.2, -0.15) is 0 Å². The number of hydrogen-bond donors (Lipinski definition) is 1. The molecule has 0 unspecified atom stereocenters. The first kappa shape index (κ1) is 20.5. The topological polar surface area (TPSA) is 75.7 Å². The Kier molecular flexibility index (Phi) is 6.83. The van der Waals surface area contributed by atoms with Crippen molar-refractivity contribution in [2.24, 2.45) is 0 Å². The third-order valence-corrected chi connectivity index (χ3v) is 6.26. The van der Waals surface area contributed by atoms with Crippen LogP contribution in [0.4, 0.5) is 0 Å². The first-order chi connectivity index (χ1) is 13.5. The van der Waals surface area contributed by atoms with Crippen LogP contribution in [0.25, 0.3) is 0 Å². The molecule has 2 aromatic carbocycles. The quantitative estimate of drug-likeness (QED) is 0.687. The van der Waals surface area contributed by atoms with Gasteiger partial charge < -0.3 is 4.74 Å². The monoisotopic (exact) mass is 402 g/mol. The van der Waals surface area contributed by atoms with Crippen molar-refractivity contribution in [3.8, 4) is 0 Å². The average Bonchev–Trinajstić information content (AvgIpc) is 3.21. The molecule has 0 bridgehead atoms. The summed E-state index contributed by atoms with van der Waals surface area (Å²) in [7, 11) is -3.67. The smallest absolute Gasteiger partial charge is 0.338 e. The summed E-state index contributed by atoms with van der Waals surface area (Å²) in [5, 5.41) is 0. The minimum atomic E-state index is -3.67. The molecule has 0 radical (unpaired) electrons. The lowest BCUT2D eigenvalue weighted by molar-refractivity contribution is 0.0526. The molecule has 0 aromatic heterocycles. The highest BCUT2D eigenvalue weighted by molar-refractivity contribution is 7.89. The molecule has 0 aliphatic carbocycles. The maximum atomic E-state index is 12.6. The van der Waals surface area contributed by atoms with Crippen molar-refractivity contribution >= 4 is 16.0 Å². The lowest BCUT2D eigenvalue weighted by Crippen LogP contribution is -2.25. The zero-order valence-corrected chi connectivity index (χ0v) is 16.9. The van der Waals surface area contributed by atoms with Gasteiger partial charge in [0.15, 0.2) is 0 Å². The van der Waals surface area contributed by atoms with Crippen LogP contribution in [-0.4, -0.2) is 39.0 Å². The first-order valence-electron chi connectivity index (χ1n) is 9.55. The third kappa shape index (κ3) is 5.19. The number of nitrogens with zero attached hydrogens (tertiary/aromatic N) is 1. The highest BCUT2D eigenvalue weighted by atomic mass is 32.2. The van der Waals surface area contributed by atoms with Gasteiger partial charge in [-0.25, -0.2) is 17.9 Å². The number of carbonyl (C=O) groups is 1. The minimum absolute atomic E-state index is 0.123. The normalized spacial score (nSPS) is 14.9. The fraction of sp³-hybridized carbons (Fsp3) is 0.381. The van der Waals surface area contributed by atoms with Crippen LogP contribution in [0.2, 0.25) is 0 Å². The van der Waals surface area contributed by atoms with E-state index in [0.29, 0.717) is 5.56 Å². The SMILES string of the molecule is CCOC(=O)c1ccc(S(=O)(=O)NCc2ccccc2CN2CCCC2)cc1. The fourth-order valence-electron chi connectivity index (χ4n) is 3.31. The Morgan fingerprint density at radius 1 is 1.04 bits per heavy atom. The van der Waals surface area contributed by atoms with Gasteiger partial charge in [-0.1, -0.05) is 24.3 Å². The highest BCUT2D eigenvalue weighted by Crippen LogP contribution is 2.17. The molecule has 1 heterocycles. The van der Waals surface area contributed by atoms with Crippen LogP contribution in [0.3, 0.4) is 0 Å². The Bertz CT molecular complexity index is 904. The molecule has 7 heteroatoms. The summed E-state index contributed by atoms with van der Waals surface area (Å²) in [6.07, 6.45) is 2.44. The van der Waals surface area contributed by atoms with Crippen molar-refractivity contribution in [1.82, 2.24) is 9.62 Å². The zero-order valence-electron chi connectivity index (χ0n) is 16.1. The van der Waals surface area contributed by atoms with Crippen molar-refractivity contribution < 1.29 is 17.9 Å². The Morgan fingerprint density at radius 3 is 2.32 bits per heavy atom. The molecule has 1 aliphatic heterocycles. The second-order valence-electron chi connectivity index (χ2n) is 6.82. The van der Waals surface area contributed by atoms with E-state index in [-0.39, 0.29) is 18.0 Å². The number of ether oxygens (including phenoxy) is 1. The van der Waals surface area contributed by atoms with Crippen molar-refractivity contribution in [3.63, 3.8) is 0 Å². The molecule has 0 amide bonds. The van der Waals surface area contributed by atoms with E-state index in [9.17, 15) is 13.2 Å². The van der Waals surface area contributed by atoms with Gasteiger partial charge in [0.25, 0.3) is 0 Å². The van der Waals surface area contributed by atoms with Gasteiger partial charge in [0, 0.05) is 13.1 Å². The van der Waals surface area contributed by atoms with Crippen LogP contribution in [0.5, 0.6) is 0 Å². The first-order valence-corrected chi connectivity index (χ1v) is 11.0. The van der Waals surface area contributed by atoms with Crippen LogP contribution < -0.4 is 4.72 Å². The summed E-state index contributed by atoms with van der Waals surface area (Å²) in [5.41, 5.74) is 2.45. The summed E-state index contributed by atoms with van der Waals surface area (Å²) in [6.45, 7) is 5.25. The van der Waals surface area contributed by atoms with Gasteiger partial charge in [-0.15, -0.1) is 0 Å². The average molecular weight is 403 g/mol. The number of rotatable bonds is 8. The molecule has 1 N–H and O–H groups in total. The largest absolute Gasteiger partial charge is 0.462 e. The van der Waals surface area contributed by atoms with E-state index < -0.39 is 16.0 Å². The van der Waals surface area contributed by atoms with Gasteiger partial charge in [-0.3, -0.25) is 4.90 Å². The number of esters is 1. The molecule has 28 heavy (non-hydrogen) atoms. The third-order valence-electron chi connectivity index (χ3n) is 4.84. The zero-order chi connectivity index (χ0) is 20.0. The second-order valence-corrected chi connectivity index (χ2v) is 8.59. The van der Waals surface area contributed by atoms with E-state index in [4.69, 9.17) is 4.74 Å². The van der Waals surface area contributed by atoms with Crippen LogP contribution in [0, 0.1) is 0 Å². The van der Waals surface area contributed by atoms with Crippen LogP contribution in [0.1, 0.15) is 41.3 Å². The molecule has 1 saturated heterocycles. The van der Waals surface area contributed by atoms with Crippen molar-refractivity contribution in [1.29, 1.82) is 0 Å². The van der Waals surface area contributed by atoms with E-state index in [1.54, 1.807) is 6.92 Å². The van der Waals surface area contributed by atoms with Crippen LogP contribution in [-0.2, 0) is 27.8 Å². The highest BCUT2D eigenvalue weighted by Gasteiger charge is 2.17. The summed E-state index contributed by atoms with van der Waals surface area (Å²) in [5.74, 6) is -0.463. The maximum absolute atomic E-state index is 12.6. The second kappa shape index (κ2) is 9.32. The molecular formula is C21H26N2O4S. The Morgan fingerprint density at radius 2 is 1.68 bits per heavy atom. The van der Waals surface area contributed by atoms with E-state index in [2.05, 4.69) is 15.7 Å². The van der Waals surface area contributed by atoms with Gasteiger partial charge in [0.2, 0.25) is 10.0 Å². The predicted octanol–water partition coefficient (Wildman–Crippen LogP) is 2.94. The van der Waals surface area contributed by atoms with Crippen LogP contribution in [0.15, 0.2) is 53.4 Å². The fourth-order valence-corrected chi connectivity index (χ4v) is 4.31. The van der Waals surface area contributed by atoms with Crippen molar-refractivity contribution in [2.75, 3.05) is 19.7 Å². The van der Waals surface area contributed by atoms with Gasteiger partial charge >= 0.3 is 5.97 Å². The molecule has 1 aliphatic rings. The number of benzene rings is 2. The standard InChI is InChI=1S/C21H26N2O4S/c1-2-27-21(24)17-9-11-20(12-10-17)28(25,26)22-15-18-7-3-4-8-19(18)16-23-13-5-6-14-23/h3-4,7-12,22H,2,5-6,13-16H2,1H3. The molecule has 0 atom stereocenters. The molecule has 0 spiro atoms.